The average Bonchev–Trinajstić information content (AvgIpc) is 2.88. The summed E-state index contributed by atoms with van der Waals surface area (Å²) in [5.41, 5.74) is 1.01. The van der Waals surface area contributed by atoms with Gasteiger partial charge < -0.3 is 9.47 Å². The number of nitro groups is 1. The Bertz CT molecular complexity index is 1480. The first kappa shape index (κ1) is 24.8. The molecular weight excluding hydrogens is 482 g/mol. The summed E-state index contributed by atoms with van der Waals surface area (Å²) in [5, 5.41) is 13.0. The van der Waals surface area contributed by atoms with E-state index in [-0.39, 0.29) is 28.3 Å². The Morgan fingerprint density at radius 3 is 2.35 bits per heavy atom. The Balaban J connectivity index is 1.60. The van der Waals surface area contributed by atoms with Crippen molar-refractivity contribution >= 4 is 41.3 Å². The second-order valence-electron chi connectivity index (χ2n) is 7.85. The number of non-ortho nitro benzene ring substituents is 1. The van der Waals surface area contributed by atoms with Crippen LogP contribution in [0.4, 0.5) is 16.2 Å². The van der Waals surface area contributed by atoms with Crippen molar-refractivity contribution in [3.63, 3.8) is 0 Å². The Kier molecular flexibility index (Phi) is 6.78. The van der Waals surface area contributed by atoms with Gasteiger partial charge in [0.15, 0.2) is 11.5 Å². The summed E-state index contributed by atoms with van der Waals surface area (Å²) in [7, 11) is 1.34. The lowest BCUT2D eigenvalue weighted by Crippen LogP contribution is -2.54. The molecule has 0 atom stereocenters. The van der Waals surface area contributed by atoms with E-state index in [1.54, 1.807) is 31.2 Å². The quantitative estimate of drug-likeness (QED) is 0.134. The van der Waals surface area contributed by atoms with Crippen molar-refractivity contribution in [2.24, 2.45) is 0 Å². The Labute approximate surface area is 210 Å². The van der Waals surface area contributed by atoms with Gasteiger partial charge in [-0.15, -0.1) is 0 Å². The molecule has 37 heavy (non-hydrogen) atoms. The second kappa shape index (κ2) is 10.1. The average molecular weight is 501 g/mol. The molecule has 11 nitrogen and oxygen atoms in total. The lowest BCUT2D eigenvalue weighted by atomic mass is 10.1. The van der Waals surface area contributed by atoms with Crippen LogP contribution in [-0.2, 0) is 9.59 Å². The maximum absolute atomic E-state index is 13.1. The van der Waals surface area contributed by atoms with Crippen LogP contribution in [0.3, 0.4) is 0 Å². The molecule has 1 aliphatic rings. The fourth-order valence-corrected chi connectivity index (χ4v) is 3.59. The Morgan fingerprint density at radius 1 is 1.00 bits per heavy atom. The Hall–Kier alpha value is -5.32. The molecule has 11 heteroatoms. The van der Waals surface area contributed by atoms with Gasteiger partial charge in [-0.1, -0.05) is 24.3 Å². The number of nitrogens with one attached hydrogen (secondary N) is 1. The number of benzene rings is 3. The molecule has 0 saturated carbocycles. The predicted octanol–water partition coefficient (Wildman–Crippen LogP) is 3.80. The summed E-state index contributed by atoms with van der Waals surface area (Å²) < 4.78 is 10.7. The maximum atomic E-state index is 13.1. The van der Waals surface area contributed by atoms with Crippen LogP contribution in [0.1, 0.15) is 21.5 Å². The molecule has 3 aromatic rings. The number of carbonyl (C=O) groups excluding carboxylic acids is 4. The molecule has 0 radical (unpaired) electrons. The van der Waals surface area contributed by atoms with Crippen molar-refractivity contribution in [2.45, 2.75) is 6.92 Å². The number of ether oxygens (including phenoxy) is 2. The fourth-order valence-electron chi connectivity index (χ4n) is 3.59. The lowest BCUT2D eigenvalue weighted by molar-refractivity contribution is -0.384. The second-order valence-corrected chi connectivity index (χ2v) is 7.85. The van der Waals surface area contributed by atoms with Crippen LogP contribution in [0.5, 0.6) is 11.5 Å². The third kappa shape index (κ3) is 5.05. The van der Waals surface area contributed by atoms with Gasteiger partial charge in [-0.2, -0.15) is 0 Å². The van der Waals surface area contributed by atoms with Gasteiger partial charge in [0.1, 0.15) is 5.57 Å². The molecule has 186 valence electrons. The highest BCUT2D eigenvalue weighted by Crippen LogP contribution is 2.31. The van der Waals surface area contributed by atoms with Crippen LogP contribution in [0.2, 0.25) is 0 Å². The van der Waals surface area contributed by atoms with Gasteiger partial charge >= 0.3 is 12.0 Å². The van der Waals surface area contributed by atoms with Crippen molar-refractivity contribution in [1.29, 1.82) is 0 Å². The highest BCUT2D eigenvalue weighted by molar-refractivity contribution is 6.39. The summed E-state index contributed by atoms with van der Waals surface area (Å²) >= 11 is 0. The number of barbiturate groups is 1. The highest BCUT2D eigenvalue weighted by Gasteiger charge is 2.37. The minimum atomic E-state index is -0.854. The van der Waals surface area contributed by atoms with Gasteiger partial charge in [-0.05, 0) is 54.5 Å². The lowest BCUT2D eigenvalue weighted by Gasteiger charge is -2.27. The van der Waals surface area contributed by atoms with Crippen LogP contribution in [0.25, 0.3) is 6.08 Å². The first-order valence-electron chi connectivity index (χ1n) is 10.8. The number of esters is 1. The number of carbonyl (C=O) groups is 4. The van der Waals surface area contributed by atoms with Gasteiger partial charge in [0.2, 0.25) is 0 Å². The van der Waals surface area contributed by atoms with Crippen molar-refractivity contribution in [1.82, 2.24) is 5.32 Å². The van der Waals surface area contributed by atoms with E-state index in [1.165, 1.54) is 55.7 Å². The molecule has 0 aromatic heterocycles. The van der Waals surface area contributed by atoms with E-state index in [1.807, 2.05) is 0 Å². The number of nitro benzene ring substituents is 1. The smallest absolute Gasteiger partial charge is 0.343 e. The molecule has 0 aliphatic carbocycles. The van der Waals surface area contributed by atoms with Crippen molar-refractivity contribution in [2.75, 3.05) is 12.0 Å². The van der Waals surface area contributed by atoms with E-state index in [0.717, 1.165) is 4.90 Å². The molecule has 4 rings (SSSR count). The number of methoxy groups -OCH3 is 1. The summed E-state index contributed by atoms with van der Waals surface area (Å²) in [6.45, 7) is 1.73. The normalized spacial score (nSPS) is 14.4. The van der Waals surface area contributed by atoms with Gasteiger partial charge in [-0.3, -0.25) is 25.0 Å². The monoisotopic (exact) mass is 501 g/mol. The van der Waals surface area contributed by atoms with E-state index >= 15 is 0 Å². The minimum Gasteiger partial charge on any atom is -0.493 e. The molecule has 1 heterocycles. The fraction of sp³-hybridized carbons (Fsp3) is 0.0769. The van der Waals surface area contributed by atoms with Crippen molar-refractivity contribution in [3.05, 3.63) is 99.1 Å². The zero-order valence-electron chi connectivity index (χ0n) is 19.6. The number of nitrogens with zero attached hydrogens (tertiary/aromatic N) is 2. The summed E-state index contributed by atoms with van der Waals surface area (Å²) in [5.74, 6) is -2.25. The molecule has 1 saturated heterocycles. The maximum Gasteiger partial charge on any atom is 0.343 e. The van der Waals surface area contributed by atoms with E-state index in [2.05, 4.69) is 5.32 Å². The number of urea groups is 1. The van der Waals surface area contributed by atoms with Crippen LogP contribution >= 0.6 is 0 Å². The summed E-state index contributed by atoms with van der Waals surface area (Å²) in [6, 6.07) is 15.1. The third-order valence-corrected chi connectivity index (χ3v) is 5.47. The van der Waals surface area contributed by atoms with Gasteiger partial charge in [0.25, 0.3) is 17.5 Å². The SMILES string of the molecule is COc1cc(/C=C2\C(=O)NC(=O)N(c3ccccc3C)C2=O)ccc1OC(=O)c1ccc([N+](=O)[O-])cc1. The van der Waals surface area contributed by atoms with E-state index in [0.29, 0.717) is 16.8 Å². The molecular formula is C26H19N3O8. The van der Waals surface area contributed by atoms with Gasteiger partial charge in [0.05, 0.1) is 23.3 Å². The summed E-state index contributed by atoms with van der Waals surface area (Å²) in [4.78, 5) is 61.6. The topological polar surface area (TPSA) is 145 Å². The number of amides is 4. The van der Waals surface area contributed by atoms with Crippen molar-refractivity contribution < 1.29 is 33.6 Å². The first-order chi connectivity index (χ1) is 17.7. The number of rotatable bonds is 6. The van der Waals surface area contributed by atoms with Crippen LogP contribution in [-0.4, -0.2) is 35.8 Å². The zero-order valence-corrected chi connectivity index (χ0v) is 19.6. The zero-order chi connectivity index (χ0) is 26.7. The first-order valence-corrected chi connectivity index (χ1v) is 10.8. The molecule has 0 spiro atoms. The molecule has 1 fully saturated rings. The molecule has 3 aromatic carbocycles. The number of aryl methyl sites for hydroxylation is 1. The van der Waals surface area contributed by atoms with Crippen LogP contribution in [0.15, 0.2) is 72.3 Å². The standard InChI is InChI=1S/C26H19N3O8/c1-15-5-3-4-6-20(15)28-24(31)19(23(30)27-26(28)33)13-16-7-12-21(22(14-16)36-2)37-25(32)17-8-10-18(11-9-17)29(34)35/h3-14H,1-2H3,(H,27,30,33)/b19-13+. The molecule has 0 unspecified atom stereocenters. The third-order valence-electron chi connectivity index (χ3n) is 5.47. The van der Waals surface area contributed by atoms with Gasteiger partial charge in [-0.25, -0.2) is 14.5 Å². The highest BCUT2D eigenvalue weighted by atomic mass is 16.6. The van der Waals surface area contributed by atoms with Crippen molar-refractivity contribution in [3.8, 4) is 11.5 Å². The van der Waals surface area contributed by atoms with Gasteiger partial charge in [0, 0.05) is 12.1 Å². The van der Waals surface area contributed by atoms with Crippen LogP contribution in [0, 0.1) is 17.0 Å². The number of hydrogen-bond acceptors (Lipinski definition) is 8. The molecule has 0 bridgehead atoms. The molecule has 1 aliphatic heterocycles. The predicted molar refractivity (Wildman–Crippen MR) is 131 cm³/mol. The summed E-state index contributed by atoms with van der Waals surface area (Å²) in [6.07, 6.45) is 1.29. The number of hydrogen-bond donors (Lipinski definition) is 1. The largest absolute Gasteiger partial charge is 0.493 e. The van der Waals surface area contributed by atoms with E-state index in [9.17, 15) is 29.3 Å². The molecule has 1 N–H and O–H groups in total. The number of imide groups is 2. The van der Waals surface area contributed by atoms with E-state index in [4.69, 9.17) is 9.47 Å². The minimum absolute atomic E-state index is 0.0455. The number of para-hydroxylation sites is 1. The molecule has 4 amide bonds. The number of anilines is 1. The van der Waals surface area contributed by atoms with Crippen LogP contribution < -0.4 is 19.7 Å². The Morgan fingerprint density at radius 2 is 1.70 bits per heavy atom. The van der Waals surface area contributed by atoms with E-state index < -0.39 is 28.7 Å².